The molecule has 0 saturated carbocycles. The Morgan fingerprint density at radius 2 is 1.81 bits per heavy atom. The molecule has 0 aliphatic carbocycles. The number of nitrogens with one attached hydrogen (secondary N) is 1. The highest BCUT2D eigenvalue weighted by molar-refractivity contribution is 5.78. The molecule has 1 aromatic heterocycles. The molecule has 5 nitrogen and oxygen atoms in total. The number of carbonyl (C=O) groups is 1. The van der Waals surface area contributed by atoms with Crippen molar-refractivity contribution in [2.45, 2.75) is 13.1 Å². The summed E-state index contributed by atoms with van der Waals surface area (Å²) in [5.41, 5.74) is 2.62. The number of nitrogens with zero attached hydrogens (tertiary/aromatic N) is 2. The van der Waals surface area contributed by atoms with Gasteiger partial charge in [0.25, 0.3) is 0 Å². The van der Waals surface area contributed by atoms with Crippen molar-refractivity contribution in [2.24, 2.45) is 0 Å². The largest absolute Gasteiger partial charge is 0.480 e. The number of hydrogen-bond donors (Lipinski definition) is 2. The Bertz CT molecular complexity index is 766. The van der Waals surface area contributed by atoms with Crippen molar-refractivity contribution in [1.82, 2.24) is 9.55 Å². The van der Waals surface area contributed by atoms with Crippen LogP contribution in [0, 0.1) is 0 Å². The number of hydrogen-bond acceptors (Lipinski definition) is 3. The predicted octanol–water partition coefficient (Wildman–Crippen LogP) is 2.73. The van der Waals surface area contributed by atoms with E-state index in [2.05, 4.69) is 10.3 Å². The topological polar surface area (TPSA) is 67.2 Å². The summed E-state index contributed by atoms with van der Waals surface area (Å²) in [6, 6.07) is 17.3. The fourth-order valence-electron chi connectivity index (χ4n) is 2.31. The van der Waals surface area contributed by atoms with E-state index in [0.29, 0.717) is 12.4 Å². The number of carboxylic acid groups (broad SMARTS) is 1. The van der Waals surface area contributed by atoms with Crippen molar-refractivity contribution in [3.63, 3.8) is 0 Å². The maximum absolute atomic E-state index is 11.1. The average molecular weight is 281 g/mol. The minimum absolute atomic E-state index is 0.0910. The molecule has 0 bridgehead atoms. The smallest absolute Gasteiger partial charge is 0.323 e. The van der Waals surface area contributed by atoms with E-state index in [-0.39, 0.29) is 6.54 Å². The van der Waals surface area contributed by atoms with E-state index in [9.17, 15) is 4.79 Å². The van der Waals surface area contributed by atoms with Gasteiger partial charge in [0, 0.05) is 5.69 Å². The fraction of sp³-hybridized carbons (Fsp3) is 0.125. The van der Waals surface area contributed by atoms with Crippen molar-refractivity contribution in [2.75, 3.05) is 5.32 Å². The number of rotatable bonds is 5. The van der Waals surface area contributed by atoms with Crippen molar-refractivity contribution in [1.29, 1.82) is 0 Å². The highest BCUT2D eigenvalue weighted by atomic mass is 16.4. The van der Waals surface area contributed by atoms with Gasteiger partial charge in [0.2, 0.25) is 0 Å². The zero-order valence-electron chi connectivity index (χ0n) is 11.4. The minimum Gasteiger partial charge on any atom is -0.480 e. The van der Waals surface area contributed by atoms with Gasteiger partial charge in [-0.15, -0.1) is 0 Å². The molecule has 5 heteroatoms. The lowest BCUT2D eigenvalue weighted by Gasteiger charge is -2.08. The highest BCUT2D eigenvalue weighted by Crippen LogP contribution is 2.17. The number of aliphatic carboxylic acids is 1. The van der Waals surface area contributed by atoms with Gasteiger partial charge in [-0.3, -0.25) is 4.79 Å². The SMILES string of the molecule is O=C(O)Cn1c(CNc2ccccc2)nc2ccccc21. The molecule has 0 radical (unpaired) electrons. The lowest BCUT2D eigenvalue weighted by atomic mass is 10.3. The van der Waals surface area contributed by atoms with Crippen molar-refractivity contribution in [3.8, 4) is 0 Å². The van der Waals surface area contributed by atoms with Crippen LogP contribution < -0.4 is 5.32 Å². The molecule has 0 aliphatic rings. The zero-order chi connectivity index (χ0) is 14.7. The second-order valence-electron chi connectivity index (χ2n) is 4.72. The van der Waals surface area contributed by atoms with Crippen molar-refractivity contribution < 1.29 is 9.90 Å². The molecule has 0 saturated heterocycles. The molecule has 21 heavy (non-hydrogen) atoms. The Kier molecular flexibility index (Phi) is 3.55. The summed E-state index contributed by atoms with van der Waals surface area (Å²) < 4.78 is 1.73. The quantitative estimate of drug-likeness (QED) is 0.754. The third kappa shape index (κ3) is 2.86. The van der Waals surface area contributed by atoms with Gasteiger partial charge in [0.05, 0.1) is 17.6 Å². The van der Waals surface area contributed by atoms with Gasteiger partial charge in [0.1, 0.15) is 12.4 Å². The van der Waals surface area contributed by atoms with Crippen LogP contribution in [0.25, 0.3) is 11.0 Å². The van der Waals surface area contributed by atoms with Crippen LogP contribution in [-0.2, 0) is 17.9 Å². The van der Waals surface area contributed by atoms with Gasteiger partial charge in [-0.1, -0.05) is 30.3 Å². The number of carboxylic acids is 1. The molecule has 0 unspecified atom stereocenters. The van der Waals surface area contributed by atoms with E-state index in [1.807, 2.05) is 54.6 Å². The van der Waals surface area contributed by atoms with Crippen LogP contribution in [0.2, 0.25) is 0 Å². The van der Waals surface area contributed by atoms with Gasteiger partial charge in [-0.05, 0) is 24.3 Å². The van der Waals surface area contributed by atoms with E-state index in [0.717, 1.165) is 16.7 Å². The average Bonchev–Trinajstić information content (AvgIpc) is 2.84. The molecule has 0 amide bonds. The molecule has 0 spiro atoms. The van der Waals surface area contributed by atoms with Gasteiger partial charge < -0.3 is 15.0 Å². The van der Waals surface area contributed by atoms with Gasteiger partial charge >= 0.3 is 5.97 Å². The summed E-state index contributed by atoms with van der Waals surface area (Å²) >= 11 is 0. The summed E-state index contributed by atoms with van der Waals surface area (Å²) in [4.78, 5) is 15.6. The van der Waals surface area contributed by atoms with E-state index in [1.54, 1.807) is 4.57 Å². The standard InChI is InChI=1S/C16H15N3O2/c20-16(21)11-19-14-9-5-4-8-13(14)18-15(19)10-17-12-6-2-1-3-7-12/h1-9,17H,10-11H2,(H,20,21). The Hall–Kier alpha value is -2.82. The summed E-state index contributed by atoms with van der Waals surface area (Å²) in [5.74, 6) is -0.165. The van der Waals surface area contributed by atoms with E-state index in [4.69, 9.17) is 5.11 Å². The van der Waals surface area contributed by atoms with Crippen molar-refractivity contribution in [3.05, 3.63) is 60.4 Å². The summed E-state index contributed by atoms with van der Waals surface area (Å²) in [6.45, 7) is 0.387. The van der Waals surface area contributed by atoms with Crippen LogP contribution in [0.1, 0.15) is 5.82 Å². The van der Waals surface area contributed by atoms with Crippen LogP contribution in [0.15, 0.2) is 54.6 Å². The number of fused-ring (bicyclic) bond motifs is 1. The summed E-state index contributed by atoms with van der Waals surface area (Å²) in [7, 11) is 0. The van der Waals surface area contributed by atoms with Gasteiger partial charge in [0.15, 0.2) is 0 Å². The third-order valence-corrected chi connectivity index (χ3v) is 3.25. The second kappa shape index (κ2) is 5.66. The molecule has 2 N–H and O–H groups in total. The van der Waals surface area contributed by atoms with Crippen LogP contribution in [0.3, 0.4) is 0 Å². The first-order valence-electron chi connectivity index (χ1n) is 6.69. The molecule has 0 fully saturated rings. The van der Waals surface area contributed by atoms with Gasteiger partial charge in [-0.25, -0.2) is 4.98 Å². The molecule has 2 aromatic carbocycles. The monoisotopic (exact) mass is 281 g/mol. The van der Waals surface area contributed by atoms with E-state index >= 15 is 0 Å². The second-order valence-corrected chi connectivity index (χ2v) is 4.72. The molecule has 3 rings (SSSR count). The first-order chi connectivity index (χ1) is 10.2. The fourth-order valence-corrected chi connectivity index (χ4v) is 2.31. The number of para-hydroxylation sites is 3. The normalized spacial score (nSPS) is 10.7. The maximum atomic E-state index is 11.1. The summed E-state index contributed by atoms with van der Waals surface area (Å²) in [6.07, 6.45) is 0. The first kappa shape index (κ1) is 13.2. The number of benzene rings is 2. The number of aromatic nitrogens is 2. The predicted molar refractivity (Wildman–Crippen MR) is 81.1 cm³/mol. The molecular formula is C16H15N3O2. The molecule has 0 atom stereocenters. The lowest BCUT2D eigenvalue weighted by Crippen LogP contribution is -2.14. The highest BCUT2D eigenvalue weighted by Gasteiger charge is 2.12. The molecule has 106 valence electrons. The molecule has 1 heterocycles. The molecule has 0 aliphatic heterocycles. The minimum atomic E-state index is -0.876. The van der Waals surface area contributed by atoms with Gasteiger partial charge in [-0.2, -0.15) is 0 Å². The Labute approximate surface area is 121 Å². The van der Waals surface area contributed by atoms with Crippen LogP contribution in [-0.4, -0.2) is 20.6 Å². The lowest BCUT2D eigenvalue weighted by molar-refractivity contribution is -0.137. The molecular weight excluding hydrogens is 266 g/mol. The number of anilines is 1. The van der Waals surface area contributed by atoms with Crippen molar-refractivity contribution >= 4 is 22.7 Å². The first-order valence-corrected chi connectivity index (χ1v) is 6.69. The van der Waals surface area contributed by atoms with Crippen LogP contribution in [0.5, 0.6) is 0 Å². The van der Waals surface area contributed by atoms with E-state index in [1.165, 1.54) is 0 Å². The molecule has 3 aromatic rings. The Morgan fingerprint density at radius 1 is 1.10 bits per heavy atom. The van der Waals surface area contributed by atoms with Crippen LogP contribution in [0.4, 0.5) is 5.69 Å². The Balaban J connectivity index is 1.91. The maximum Gasteiger partial charge on any atom is 0.323 e. The zero-order valence-corrected chi connectivity index (χ0v) is 11.4. The van der Waals surface area contributed by atoms with Crippen LogP contribution >= 0.6 is 0 Å². The Morgan fingerprint density at radius 3 is 2.57 bits per heavy atom. The summed E-state index contributed by atoms with van der Waals surface area (Å²) in [5, 5.41) is 12.3. The number of imidazole rings is 1. The third-order valence-electron chi connectivity index (χ3n) is 3.25. The van der Waals surface area contributed by atoms with E-state index < -0.39 is 5.97 Å².